The van der Waals surface area contributed by atoms with Gasteiger partial charge in [-0.25, -0.2) is 21.6 Å². The molecule has 0 aliphatic carbocycles. The Balaban J connectivity index is 3.50. The molecular weight excluding hydrogens is 311 g/mol. The van der Waals surface area contributed by atoms with E-state index in [0.29, 0.717) is 16.4 Å². The fraction of sp³-hybridized carbons (Fsp3) is 0.417. The standard InChI is InChI=1S/C12H14F3NO4S/c1-12(2,3)16(6-9(17)18)21(19,20)8-5-4-7(13)10(14)11(8)15/h4-5H,6H2,1-3H3,(H,17,18). The van der Waals surface area contributed by atoms with Crippen molar-refractivity contribution >= 4 is 16.0 Å². The first-order valence-electron chi connectivity index (χ1n) is 5.77. The van der Waals surface area contributed by atoms with Gasteiger partial charge in [-0.1, -0.05) is 0 Å². The zero-order valence-corrected chi connectivity index (χ0v) is 12.3. The number of rotatable bonds is 4. The van der Waals surface area contributed by atoms with Gasteiger partial charge < -0.3 is 5.11 Å². The topological polar surface area (TPSA) is 74.7 Å². The molecule has 0 saturated heterocycles. The van der Waals surface area contributed by atoms with Gasteiger partial charge in [0, 0.05) is 5.54 Å². The smallest absolute Gasteiger partial charge is 0.318 e. The number of nitrogens with zero attached hydrogens (tertiary/aromatic N) is 1. The summed E-state index contributed by atoms with van der Waals surface area (Å²) >= 11 is 0. The third kappa shape index (κ3) is 3.53. The Labute approximate surface area is 120 Å². The van der Waals surface area contributed by atoms with Crippen LogP contribution in [0.4, 0.5) is 13.2 Å². The van der Waals surface area contributed by atoms with E-state index in [1.54, 1.807) is 0 Å². The Bertz CT molecular complexity index is 668. The summed E-state index contributed by atoms with van der Waals surface area (Å²) in [5, 5.41) is 8.79. The molecular formula is C12H14F3NO4S. The summed E-state index contributed by atoms with van der Waals surface area (Å²) in [6, 6.07) is 1.02. The summed E-state index contributed by atoms with van der Waals surface area (Å²) in [6.45, 7) is 3.24. The fourth-order valence-electron chi connectivity index (χ4n) is 1.63. The van der Waals surface area contributed by atoms with E-state index in [1.807, 2.05) is 0 Å². The van der Waals surface area contributed by atoms with E-state index in [4.69, 9.17) is 5.11 Å². The number of carboxylic acids is 1. The highest BCUT2D eigenvalue weighted by atomic mass is 32.2. The quantitative estimate of drug-likeness (QED) is 0.859. The van der Waals surface area contributed by atoms with Gasteiger partial charge in [-0.05, 0) is 32.9 Å². The molecule has 0 saturated carbocycles. The van der Waals surface area contributed by atoms with Gasteiger partial charge in [0.15, 0.2) is 17.5 Å². The van der Waals surface area contributed by atoms with Crippen LogP contribution >= 0.6 is 0 Å². The highest BCUT2D eigenvalue weighted by Crippen LogP contribution is 2.27. The molecule has 1 N–H and O–H groups in total. The van der Waals surface area contributed by atoms with Gasteiger partial charge in [0.2, 0.25) is 10.0 Å². The van der Waals surface area contributed by atoms with Gasteiger partial charge in [0.05, 0.1) is 0 Å². The highest BCUT2D eigenvalue weighted by molar-refractivity contribution is 7.89. The Morgan fingerprint density at radius 1 is 1.19 bits per heavy atom. The van der Waals surface area contributed by atoms with Crippen molar-refractivity contribution in [2.24, 2.45) is 0 Å². The van der Waals surface area contributed by atoms with Crippen molar-refractivity contribution in [3.8, 4) is 0 Å². The van der Waals surface area contributed by atoms with Crippen LogP contribution in [0.2, 0.25) is 0 Å². The second-order valence-electron chi connectivity index (χ2n) is 5.25. The second-order valence-corrected chi connectivity index (χ2v) is 7.08. The molecule has 0 spiro atoms. The highest BCUT2D eigenvalue weighted by Gasteiger charge is 2.38. The van der Waals surface area contributed by atoms with Crippen molar-refractivity contribution in [2.45, 2.75) is 31.2 Å². The fourth-order valence-corrected chi connectivity index (χ4v) is 3.43. The van der Waals surface area contributed by atoms with E-state index < -0.39 is 50.4 Å². The zero-order chi connectivity index (χ0) is 16.6. The Hall–Kier alpha value is -1.61. The van der Waals surface area contributed by atoms with Crippen LogP contribution in [0.25, 0.3) is 0 Å². The molecule has 5 nitrogen and oxygen atoms in total. The minimum absolute atomic E-state index is 0.465. The van der Waals surface area contributed by atoms with Crippen LogP contribution in [-0.2, 0) is 14.8 Å². The molecule has 0 fully saturated rings. The number of sulfonamides is 1. The van der Waals surface area contributed by atoms with Crippen molar-refractivity contribution in [1.82, 2.24) is 4.31 Å². The Morgan fingerprint density at radius 2 is 1.71 bits per heavy atom. The summed E-state index contributed by atoms with van der Waals surface area (Å²) in [5.74, 6) is -6.81. The van der Waals surface area contributed by atoms with Crippen LogP contribution in [0.5, 0.6) is 0 Å². The zero-order valence-electron chi connectivity index (χ0n) is 11.5. The summed E-state index contributed by atoms with van der Waals surface area (Å²) in [6.07, 6.45) is 0. The third-order valence-corrected chi connectivity index (χ3v) is 4.72. The second kappa shape index (κ2) is 5.64. The normalized spacial score (nSPS) is 12.7. The van der Waals surface area contributed by atoms with Gasteiger partial charge >= 0.3 is 5.97 Å². The first-order chi connectivity index (χ1) is 9.39. The molecule has 1 aromatic carbocycles. The van der Waals surface area contributed by atoms with Crippen LogP contribution in [0.1, 0.15) is 20.8 Å². The molecule has 0 bridgehead atoms. The molecule has 118 valence electrons. The van der Waals surface area contributed by atoms with Crippen LogP contribution in [-0.4, -0.2) is 35.9 Å². The monoisotopic (exact) mass is 325 g/mol. The number of benzene rings is 1. The van der Waals surface area contributed by atoms with Crippen molar-refractivity contribution in [1.29, 1.82) is 0 Å². The van der Waals surface area contributed by atoms with Gasteiger partial charge in [-0.3, -0.25) is 4.79 Å². The first-order valence-corrected chi connectivity index (χ1v) is 7.21. The maximum atomic E-state index is 13.7. The van der Waals surface area contributed by atoms with Gasteiger partial charge in [-0.2, -0.15) is 4.31 Å². The number of carbonyl (C=O) groups is 1. The largest absolute Gasteiger partial charge is 0.480 e. The summed E-state index contributed by atoms with van der Waals surface area (Å²) < 4.78 is 64.9. The number of halogens is 3. The molecule has 9 heteroatoms. The van der Waals surface area contributed by atoms with Crippen LogP contribution < -0.4 is 0 Å². The lowest BCUT2D eigenvalue weighted by Crippen LogP contribution is -2.48. The number of carboxylic acid groups (broad SMARTS) is 1. The minimum atomic E-state index is -4.65. The van der Waals surface area contributed by atoms with Gasteiger partial charge in [0.1, 0.15) is 11.4 Å². The van der Waals surface area contributed by atoms with E-state index in [2.05, 4.69) is 0 Å². The molecule has 0 unspecified atom stereocenters. The number of hydrogen-bond acceptors (Lipinski definition) is 3. The SMILES string of the molecule is CC(C)(C)N(CC(=O)O)S(=O)(=O)c1ccc(F)c(F)c1F. The molecule has 1 aromatic rings. The van der Waals surface area contributed by atoms with E-state index >= 15 is 0 Å². The summed E-state index contributed by atoms with van der Waals surface area (Å²) in [7, 11) is -4.65. The lowest BCUT2D eigenvalue weighted by atomic mass is 10.1. The molecule has 0 atom stereocenters. The predicted molar refractivity (Wildman–Crippen MR) is 67.6 cm³/mol. The molecule has 0 aliphatic heterocycles. The van der Waals surface area contributed by atoms with Crippen molar-refractivity contribution < 1.29 is 31.5 Å². The molecule has 0 amide bonds. The van der Waals surface area contributed by atoms with E-state index in [-0.39, 0.29) is 0 Å². The van der Waals surface area contributed by atoms with Crippen molar-refractivity contribution in [3.63, 3.8) is 0 Å². The van der Waals surface area contributed by atoms with E-state index in [9.17, 15) is 26.4 Å². The molecule has 0 radical (unpaired) electrons. The molecule has 21 heavy (non-hydrogen) atoms. The van der Waals surface area contributed by atoms with E-state index in [1.165, 1.54) is 20.8 Å². The summed E-state index contributed by atoms with van der Waals surface area (Å²) in [4.78, 5) is 9.69. The minimum Gasteiger partial charge on any atom is -0.480 e. The summed E-state index contributed by atoms with van der Waals surface area (Å²) in [5.41, 5.74) is -1.20. The van der Waals surface area contributed by atoms with Crippen LogP contribution in [0.15, 0.2) is 17.0 Å². The van der Waals surface area contributed by atoms with Gasteiger partial charge in [0.25, 0.3) is 0 Å². The molecule has 1 rings (SSSR count). The lowest BCUT2D eigenvalue weighted by molar-refractivity contribution is -0.138. The lowest BCUT2D eigenvalue weighted by Gasteiger charge is -2.33. The maximum absolute atomic E-state index is 13.7. The third-order valence-electron chi connectivity index (χ3n) is 2.59. The molecule has 0 aromatic heterocycles. The van der Waals surface area contributed by atoms with Crippen molar-refractivity contribution in [3.05, 3.63) is 29.6 Å². The van der Waals surface area contributed by atoms with E-state index in [0.717, 1.165) is 0 Å². The average Bonchev–Trinajstić information content (AvgIpc) is 2.31. The Kier molecular flexibility index (Phi) is 4.69. The molecule has 0 heterocycles. The van der Waals surface area contributed by atoms with Crippen molar-refractivity contribution in [2.75, 3.05) is 6.54 Å². The first kappa shape index (κ1) is 17.4. The van der Waals surface area contributed by atoms with Crippen LogP contribution in [0, 0.1) is 17.5 Å². The van der Waals surface area contributed by atoms with Crippen LogP contribution in [0.3, 0.4) is 0 Å². The van der Waals surface area contributed by atoms with Gasteiger partial charge in [-0.15, -0.1) is 0 Å². The molecule has 0 aliphatic rings. The number of aliphatic carboxylic acids is 1. The maximum Gasteiger partial charge on any atom is 0.318 e. The predicted octanol–water partition coefficient (Wildman–Crippen LogP) is 1.98. The Morgan fingerprint density at radius 3 is 2.14 bits per heavy atom. The number of hydrogen-bond donors (Lipinski definition) is 1. The average molecular weight is 325 g/mol.